The van der Waals surface area contributed by atoms with Crippen LogP contribution in [0, 0.1) is 5.92 Å². The Kier molecular flexibility index (Phi) is 3.06. The lowest BCUT2D eigenvalue weighted by Gasteiger charge is -2.33. The number of anilines is 1. The number of fused-ring (bicyclic) bond motifs is 1. The third-order valence-electron chi connectivity index (χ3n) is 4.50. The molecule has 4 heteroatoms. The van der Waals surface area contributed by atoms with Gasteiger partial charge in [-0.15, -0.1) is 0 Å². The van der Waals surface area contributed by atoms with Gasteiger partial charge in [0.25, 0.3) is 0 Å². The molecule has 0 radical (unpaired) electrons. The Balaban J connectivity index is 1.86. The molecule has 0 amide bonds. The Morgan fingerprint density at radius 2 is 2.00 bits per heavy atom. The Labute approximate surface area is 109 Å². The van der Waals surface area contributed by atoms with Crippen molar-refractivity contribution in [2.45, 2.75) is 51.5 Å². The molecule has 100 valence electrons. The lowest BCUT2D eigenvalue weighted by Crippen LogP contribution is -2.40. The van der Waals surface area contributed by atoms with Crippen molar-refractivity contribution < 1.29 is 0 Å². The first-order valence-electron chi connectivity index (χ1n) is 7.22. The molecule has 18 heavy (non-hydrogen) atoms. The fourth-order valence-electron chi connectivity index (χ4n) is 3.55. The molecule has 0 aromatic carbocycles. The van der Waals surface area contributed by atoms with Crippen molar-refractivity contribution in [2.24, 2.45) is 11.7 Å². The van der Waals surface area contributed by atoms with Crippen molar-refractivity contribution in [1.82, 2.24) is 10.2 Å². The second-order valence-corrected chi connectivity index (χ2v) is 6.21. The number of aromatic amines is 1. The van der Waals surface area contributed by atoms with Crippen LogP contribution in [0.3, 0.4) is 0 Å². The van der Waals surface area contributed by atoms with E-state index in [1.807, 2.05) is 0 Å². The van der Waals surface area contributed by atoms with Crippen molar-refractivity contribution in [3.8, 4) is 0 Å². The van der Waals surface area contributed by atoms with Gasteiger partial charge in [0.15, 0.2) is 5.82 Å². The van der Waals surface area contributed by atoms with Crippen LogP contribution in [0.5, 0.6) is 0 Å². The minimum Gasteiger partial charge on any atom is -0.355 e. The fourth-order valence-corrected chi connectivity index (χ4v) is 3.55. The number of nitrogens with one attached hydrogen (secondary N) is 1. The van der Waals surface area contributed by atoms with E-state index < -0.39 is 0 Å². The SMILES string of the molecule is CC1Cc2[nH]nc(N3CCC(N)CC3)c2C(C)C1. The summed E-state index contributed by atoms with van der Waals surface area (Å²) in [4.78, 5) is 2.42. The van der Waals surface area contributed by atoms with Gasteiger partial charge in [0.1, 0.15) is 0 Å². The van der Waals surface area contributed by atoms with Gasteiger partial charge in [-0.05, 0) is 37.5 Å². The molecule has 0 saturated carbocycles. The quantitative estimate of drug-likeness (QED) is 0.799. The minimum atomic E-state index is 0.383. The molecule has 0 spiro atoms. The predicted octanol–water partition coefficient (Wildman–Crippen LogP) is 2.02. The number of H-pyrrole nitrogens is 1. The Morgan fingerprint density at radius 1 is 1.28 bits per heavy atom. The summed E-state index contributed by atoms with van der Waals surface area (Å²) in [5, 5.41) is 7.86. The summed E-state index contributed by atoms with van der Waals surface area (Å²) in [6.07, 6.45) is 4.62. The van der Waals surface area contributed by atoms with E-state index in [9.17, 15) is 0 Å². The molecule has 3 rings (SSSR count). The number of aromatic nitrogens is 2. The summed E-state index contributed by atoms with van der Waals surface area (Å²) in [6, 6.07) is 0.383. The van der Waals surface area contributed by atoms with E-state index in [0.29, 0.717) is 12.0 Å². The van der Waals surface area contributed by atoms with Gasteiger partial charge < -0.3 is 10.6 Å². The third-order valence-corrected chi connectivity index (χ3v) is 4.50. The molecular weight excluding hydrogens is 224 g/mol. The molecule has 1 aliphatic heterocycles. The van der Waals surface area contributed by atoms with Gasteiger partial charge in [-0.3, -0.25) is 5.10 Å². The van der Waals surface area contributed by atoms with Crippen LogP contribution < -0.4 is 10.6 Å². The molecule has 1 aromatic heterocycles. The van der Waals surface area contributed by atoms with E-state index in [2.05, 4.69) is 28.9 Å². The van der Waals surface area contributed by atoms with Crippen molar-refractivity contribution in [3.05, 3.63) is 11.3 Å². The van der Waals surface area contributed by atoms with E-state index in [4.69, 9.17) is 5.73 Å². The molecule has 3 N–H and O–H groups in total. The first-order chi connectivity index (χ1) is 8.65. The summed E-state index contributed by atoms with van der Waals surface area (Å²) < 4.78 is 0. The van der Waals surface area contributed by atoms with Crippen LogP contribution in [0.2, 0.25) is 0 Å². The van der Waals surface area contributed by atoms with Crippen LogP contribution in [-0.2, 0) is 6.42 Å². The number of nitrogens with two attached hydrogens (primary N) is 1. The topological polar surface area (TPSA) is 57.9 Å². The molecule has 1 aromatic rings. The maximum atomic E-state index is 5.98. The van der Waals surface area contributed by atoms with Crippen LogP contribution in [-0.4, -0.2) is 29.3 Å². The Morgan fingerprint density at radius 3 is 2.72 bits per heavy atom. The zero-order valence-corrected chi connectivity index (χ0v) is 11.4. The smallest absolute Gasteiger partial charge is 0.154 e. The van der Waals surface area contributed by atoms with E-state index in [-0.39, 0.29) is 0 Å². The van der Waals surface area contributed by atoms with Crippen LogP contribution in [0.15, 0.2) is 0 Å². The number of hydrogen-bond acceptors (Lipinski definition) is 3. The summed E-state index contributed by atoms with van der Waals surface area (Å²) in [7, 11) is 0. The normalized spacial score (nSPS) is 29.4. The molecule has 2 atom stereocenters. The molecule has 1 saturated heterocycles. The van der Waals surface area contributed by atoms with Crippen molar-refractivity contribution in [3.63, 3.8) is 0 Å². The highest BCUT2D eigenvalue weighted by Gasteiger charge is 2.30. The molecule has 4 nitrogen and oxygen atoms in total. The summed E-state index contributed by atoms with van der Waals surface area (Å²) >= 11 is 0. The van der Waals surface area contributed by atoms with Gasteiger partial charge in [0, 0.05) is 30.4 Å². The van der Waals surface area contributed by atoms with Gasteiger partial charge in [0.2, 0.25) is 0 Å². The molecule has 2 heterocycles. The third kappa shape index (κ3) is 2.03. The number of hydrogen-bond donors (Lipinski definition) is 2. The zero-order valence-electron chi connectivity index (χ0n) is 11.4. The van der Waals surface area contributed by atoms with Gasteiger partial charge in [-0.2, -0.15) is 5.10 Å². The second kappa shape index (κ2) is 4.57. The van der Waals surface area contributed by atoms with E-state index in [1.165, 1.54) is 23.5 Å². The van der Waals surface area contributed by atoms with Gasteiger partial charge >= 0.3 is 0 Å². The van der Waals surface area contributed by atoms with Gasteiger partial charge in [-0.1, -0.05) is 13.8 Å². The molecular formula is C14H24N4. The van der Waals surface area contributed by atoms with Gasteiger partial charge in [-0.25, -0.2) is 0 Å². The van der Waals surface area contributed by atoms with E-state index in [0.717, 1.165) is 38.3 Å². The minimum absolute atomic E-state index is 0.383. The second-order valence-electron chi connectivity index (χ2n) is 6.21. The lowest BCUT2D eigenvalue weighted by molar-refractivity contribution is 0.444. The Bertz CT molecular complexity index is 417. The largest absolute Gasteiger partial charge is 0.355 e. The van der Waals surface area contributed by atoms with Crippen LogP contribution in [0.1, 0.15) is 50.3 Å². The predicted molar refractivity (Wildman–Crippen MR) is 73.9 cm³/mol. The highest BCUT2D eigenvalue weighted by Crippen LogP contribution is 2.39. The van der Waals surface area contributed by atoms with Crippen molar-refractivity contribution >= 4 is 5.82 Å². The molecule has 1 fully saturated rings. The molecule has 1 aliphatic carbocycles. The van der Waals surface area contributed by atoms with Crippen molar-refractivity contribution in [1.29, 1.82) is 0 Å². The average Bonchev–Trinajstić information content (AvgIpc) is 2.74. The standard InChI is InChI=1S/C14H24N4/c1-9-7-10(2)13-12(8-9)16-17-14(13)18-5-3-11(15)4-6-18/h9-11H,3-8,15H2,1-2H3,(H,16,17). The summed E-state index contributed by atoms with van der Waals surface area (Å²) in [6.45, 7) is 6.78. The van der Waals surface area contributed by atoms with Crippen LogP contribution in [0.4, 0.5) is 5.82 Å². The highest BCUT2D eigenvalue weighted by atomic mass is 15.3. The monoisotopic (exact) mass is 248 g/mol. The number of rotatable bonds is 1. The maximum absolute atomic E-state index is 5.98. The lowest BCUT2D eigenvalue weighted by atomic mass is 9.81. The van der Waals surface area contributed by atoms with Crippen molar-refractivity contribution in [2.75, 3.05) is 18.0 Å². The first-order valence-corrected chi connectivity index (χ1v) is 7.22. The fraction of sp³-hybridized carbons (Fsp3) is 0.786. The van der Waals surface area contributed by atoms with Gasteiger partial charge in [0.05, 0.1) is 0 Å². The maximum Gasteiger partial charge on any atom is 0.154 e. The van der Waals surface area contributed by atoms with Crippen LogP contribution >= 0.6 is 0 Å². The first kappa shape index (κ1) is 12.0. The number of nitrogens with zero attached hydrogens (tertiary/aromatic N) is 2. The van der Waals surface area contributed by atoms with E-state index in [1.54, 1.807) is 0 Å². The zero-order chi connectivity index (χ0) is 12.7. The highest BCUT2D eigenvalue weighted by molar-refractivity contribution is 5.52. The molecule has 2 aliphatic rings. The average molecular weight is 248 g/mol. The molecule has 2 unspecified atom stereocenters. The molecule has 0 bridgehead atoms. The van der Waals surface area contributed by atoms with Crippen LogP contribution in [0.25, 0.3) is 0 Å². The summed E-state index contributed by atoms with van der Waals surface area (Å²) in [5.41, 5.74) is 8.82. The van der Waals surface area contributed by atoms with E-state index >= 15 is 0 Å². The summed E-state index contributed by atoms with van der Waals surface area (Å²) in [5.74, 6) is 2.61. The Hall–Kier alpha value is -1.03. The number of piperidine rings is 1.